The van der Waals surface area contributed by atoms with Gasteiger partial charge in [-0.05, 0) is 38.5 Å². The van der Waals surface area contributed by atoms with Crippen LogP contribution in [0.4, 0.5) is 0 Å². The van der Waals surface area contributed by atoms with Gasteiger partial charge in [-0.1, -0.05) is 264 Å². The van der Waals surface area contributed by atoms with Gasteiger partial charge in [0.1, 0.15) is 48.8 Å². The molecule has 0 radical (unpaired) electrons. The van der Waals surface area contributed by atoms with Crippen molar-refractivity contribution in [2.75, 3.05) is 19.8 Å². The highest BCUT2D eigenvalue weighted by atomic mass is 16.7. The fourth-order valence-corrected chi connectivity index (χ4v) is 11.2. The zero-order chi connectivity index (χ0) is 56.7. The number of hydrogen-bond donors (Lipinski definition) is 9. The molecule has 0 aromatic carbocycles. The quantitative estimate of drug-likeness (QED) is 0.0204. The average molecular weight is 1110 g/mol. The van der Waals surface area contributed by atoms with Gasteiger partial charge in [0.05, 0.1) is 32.0 Å². The molecule has 14 heteroatoms. The van der Waals surface area contributed by atoms with Crippen LogP contribution in [0.1, 0.15) is 296 Å². The summed E-state index contributed by atoms with van der Waals surface area (Å²) in [5.41, 5.74) is 0. The van der Waals surface area contributed by atoms with Crippen molar-refractivity contribution in [3.8, 4) is 0 Å². The van der Waals surface area contributed by atoms with Crippen molar-refractivity contribution in [1.29, 1.82) is 0 Å². The van der Waals surface area contributed by atoms with Gasteiger partial charge in [-0.2, -0.15) is 0 Å². The summed E-state index contributed by atoms with van der Waals surface area (Å²) in [4.78, 5) is 13.3. The van der Waals surface area contributed by atoms with E-state index in [1.165, 1.54) is 218 Å². The number of rotatable bonds is 54. The van der Waals surface area contributed by atoms with Crippen LogP contribution in [0.25, 0.3) is 0 Å². The van der Waals surface area contributed by atoms with E-state index in [0.29, 0.717) is 12.8 Å². The molecule has 2 heterocycles. The molecular formula is C64H123NO13. The van der Waals surface area contributed by atoms with Crippen LogP contribution in [0.15, 0.2) is 12.2 Å². The molecule has 2 fully saturated rings. The molecule has 12 atom stereocenters. The third-order valence-electron chi connectivity index (χ3n) is 16.5. The van der Waals surface area contributed by atoms with Crippen molar-refractivity contribution in [3.05, 3.63) is 12.2 Å². The van der Waals surface area contributed by atoms with Crippen LogP contribution in [0, 0.1) is 0 Å². The first kappa shape index (κ1) is 72.8. The second kappa shape index (κ2) is 50.3. The number of carbonyl (C=O) groups is 1. The first-order valence-corrected chi connectivity index (χ1v) is 32.9. The van der Waals surface area contributed by atoms with Gasteiger partial charge >= 0.3 is 0 Å². The summed E-state index contributed by atoms with van der Waals surface area (Å²) in [7, 11) is 0. The Morgan fingerprint density at radius 2 is 0.808 bits per heavy atom. The Morgan fingerprint density at radius 1 is 0.449 bits per heavy atom. The first-order chi connectivity index (χ1) is 38.1. The number of carbonyl (C=O) groups excluding carboxylic acids is 1. The summed E-state index contributed by atoms with van der Waals surface area (Å²) in [6, 6.07) is -0.825. The molecule has 0 saturated carbocycles. The Labute approximate surface area is 476 Å². The number of aliphatic hydroxyl groups excluding tert-OH is 8. The summed E-state index contributed by atoms with van der Waals surface area (Å²) in [6.07, 6.45) is 42.2. The molecule has 0 aromatic rings. The number of aliphatic hydroxyl groups is 8. The third-order valence-corrected chi connectivity index (χ3v) is 16.5. The normalized spacial score (nSPS) is 24.5. The molecule has 2 aliphatic rings. The maximum absolute atomic E-state index is 13.3. The van der Waals surface area contributed by atoms with E-state index < -0.39 is 86.8 Å². The highest BCUT2D eigenvalue weighted by molar-refractivity contribution is 5.76. The highest BCUT2D eigenvalue weighted by Gasteiger charge is 2.51. The first-order valence-electron chi connectivity index (χ1n) is 32.9. The van der Waals surface area contributed by atoms with E-state index >= 15 is 0 Å². The van der Waals surface area contributed by atoms with E-state index in [9.17, 15) is 45.6 Å². The smallest absolute Gasteiger partial charge is 0.220 e. The van der Waals surface area contributed by atoms with Crippen LogP contribution in [-0.2, 0) is 23.7 Å². The molecule has 0 spiro atoms. The Bertz CT molecular complexity index is 1360. The van der Waals surface area contributed by atoms with Gasteiger partial charge in [-0.3, -0.25) is 4.79 Å². The summed E-state index contributed by atoms with van der Waals surface area (Å²) in [5, 5.41) is 87.4. The van der Waals surface area contributed by atoms with E-state index in [1.54, 1.807) is 0 Å². The molecule has 2 aliphatic heterocycles. The third kappa shape index (κ3) is 35.0. The fraction of sp³-hybridized carbons (Fsp3) is 0.953. The minimum Gasteiger partial charge on any atom is -0.394 e. The van der Waals surface area contributed by atoms with E-state index in [4.69, 9.17) is 18.9 Å². The standard InChI is InChI=1S/C64H123NO13/c1-3-5-7-9-11-13-15-17-19-21-22-23-24-25-26-27-28-29-30-32-34-36-38-40-42-44-46-48-56(69)65-52(53(68)47-45-43-41-39-37-35-33-31-20-18-16-14-12-10-8-6-4-2)51-75-63-61(74)59(72)62(55(50-67)77-63)78-64-60(73)58(71)57(70)54(49-66)76-64/h21-22,52-55,57-64,66-68,70-74H,3-20,23-51H2,1-2H3,(H,65,69)/b22-21-. The molecule has 462 valence electrons. The van der Waals surface area contributed by atoms with Crippen LogP contribution in [-0.4, -0.2) is 140 Å². The van der Waals surface area contributed by atoms with Crippen molar-refractivity contribution in [3.63, 3.8) is 0 Å². The summed E-state index contributed by atoms with van der Waals surface area (Å²) < 4.78 is 22.9. The van der Waals surface area contributed by atoms with E-state index in [1.807, 2.05) is 0 Å². The van der Waals surface area contributed by atoms with Crippen LogP contribution in [0.2, 0.25) is 0 Å². The zero-order valence-electron chi connectivity index (χ0n) is 49.9. The van der Waals surface area contributed by atoms with Gasteiger partial charge in [0.25, 0.3) is 0 Å². The van der Waals surface area contributed by atoms with E-state index in [0.717, 1.165) is 51.4 Å². The molecule has 0 aromatic heterocycles. The van der Waals surface area contributed by atoms with Crippen LogP contribution in [0.5, 0.6) is 0 Å². The molecule has 9 N–H and O–H groups in total. The van der Waals surface area contributed by atoms with Crippen LogP contribution < -0.4 is 5.32 Å². The lowest BCUT2D eigenvalue weighted by Gasteiger charge is -2.46. The number of ether oxygens (including phenoxy) is 4. The molecule has 2 saturated heterocycles. The number of nitrogens with one attached hydrogen (secondary N) is 1. The van der Waals surface area contributed by atoms with Gasteiger partial charge < -0.3 is 65.1 Å². The van der Waals surface area contributed by atoms with Crippen molar-refractivity contribution < 1.29 is 64.6 Å². The molecule has 12 unspecified atom stereocenters. The lowest BCUT2D eigenvalue weighted by atomic mass is 9.97. The number of allylic oxidation sites excluding steroid dienone is 2. The lowest BCUT2D eigenvalue weighted by molar-refractivity contribution is -0.359. The van der Waals surface area contributed by atoms with E-state index in [-0.39, 0.29) is 12.5 Å². The van der Waals surface area contributed by atoms with Crippen molar-refractivity contribution in [2.24, 2.45) is 0 Å². The summed E-state index contributed by atoms with van der Waals surface area (Å²) >= 11 is 0. The molecular weight excluding hydrogens is 991 g/mol. The summed E-state index contributed by atoms with van der Waals surface area (Å²) in [5.74, 6) is -0.201. The molecule has 1 amide bonds. The van der Waals surface area contributed by atoms with Gasteiger partial charge in [0.15, 0.2) is 12.6 Å². The minimum absolute atomic E-state index is 0.201. The molecule has 78 heavy (non-hydrogen) atoms. The lowest BCUT2D eigenvalue weighted by Crippen LogP contribution is -2.65. The van der Waals surface area contributed by atoms with Crippen molar-refractivity contribution >= 4 is 5.91 Å². The van der Waals surface area contributed by atoms with Gasteiger partial charge in [0.2, 0.25) is 5.91 Å². The predicted molar refractivity (Wildman–Crippen MR) is 314 cm³/mol. The Balaban J connectivity index is 1.68. The number of hydrogen-bond acceptors (Lipinski definition) is 13. The molecule has 0 aliphatic carbocycles. The Hall–Kier alpha value is -1.27. The number of unbranched alkanes of at least 4 members (excludes halogenated alkanes) is 39. The Morgan fingerprint density at radius 3 is 1.22 bits per heavy atom. The monoisotopic (exact) mass is 1110 g/mol. The second-order valence-electron chi connectivity index (χ2n) is 23.6. The molecule has 14 nitrogen and oxygen atoms in total. The largest absolute Gasteiger partial charge is 0.394 e. The van der Waals surface area contributed by atoms with Gasteiger partial charge in [-0.15, -0.1) is 0 Å². The van der Waals surface area contributed by atoms with Crippen molar-refractivity contribution in [1.82, 2.24) is 5.32 Å². The maximum atomic E-state index is 13.3. The van der Waals surface area contributed by atoms with E-state index in [2.05, 4.69) is 31.3 Å². The fourth-order valence-electron chi connectivity index (χ4n) is 11.2. The SMILES string of the molecule is CCCCCCCCCC/C=C\CCCCCCCCCCCCCCCCCC(=O)NC(COC1OC(CO)C(OC2OC(CO)C(O)C(O)C2O)C(O)C1O)C(O)CCCCCCCCCCCCCCCCCCC. The topological polar surface area (TPSA) is 228 Å². The van der Waals surface area contributed by atoms with Gasteiger partial charge in [-0.25, -0.2) is 0 Å². The van der Waals surface area contributed by atoms with Crippen LogP contribution in [0.3, 0.4) is 0 Å². The predicted octanol–water partition coefficient (Wildman–Crippen LogP) is 12.2. The highest BCUT2D eigenvalue weighted by Crippen LogP contribution is 2.30. The zero-order valence-corrected chi connectivity index (χ0v) is 49.9. The maximum Gasteiger partial charge on any atom is 0.220 e. The Kier molecular flexibility index (Phi) is 46.9. The number of amides is 1. The van der Waals surface area contributed by atoms with Crippen molar-refractivity contribution in [2.45, 2.75) is 370 Å². The molecule has 0 bridgehead atoms. The van der Waals surface area contributed by atoms with Crippen LogP contribution >= 0.6 is 0 Å². The average Bonchev–Trinajstić information content (AvgIpc) is 3.44. The minimum atomic E-state index is -1.78. The van der Waals surface area contributed by atoms with Gasteiger partial charge in [0, 0.05) is 6.42 Å². The second-order valence-corrected chi connectivity index (χ2v) is 23.6. The molecule has 2 rings (SSSR count). The summed E-state index contributed by atoms with van der Waals surface area (Å²) in [6.45, 7) is 2.90.